The van der Waals surface area contributed by atoms with E-state index in [2.05, 4.69) is 54.0 Å². The van der Waals surface area contributed by atoms with Crippen LogP contribution in [0.2, 0.25) is 0 Å². The molecule has 1 aliphatic rings. The zero-order chi connectivity index (χ0) is 20.2. The number of nitrogens with one attached hydrogen (secondary N) is 2. The number of aryl methyl sites for hydroxylation is 1. The highest BCUT2D eigenvalue weighted by molar-refractivity contribution is 5.88. The number of carbonyl (C=O) groups excluding carboxylic acids is 1. The molecule has 4 N–H and O–H groups in total. The summed E-state index contributed by atoms with van der Waals surface area (Å²) in [4.78, 5) is 12.7. The van der Waals surface area contributed by atoms with Crippen LogP contribution >= 0.6 is 0 Å². The summed E-state index contributed by atoms with van der Waals surface area (Å²) in [5.74, 6) is 0.0560. The number of para-hydroxylation sites is 1. The van der Waals surface area contributed by atoms with Gasteiger partial charge >= 0.3 is 0 Å². The van der Waals surface area contributed by atoms with Crippen molar-refractivity contribution in [2.45, 2.75) is 32.4 Å². The number of anilines is 1. The average Bonchev–Trinajstić information content (AvgIpc) is 3.20. The third-order valence-electron chi connectivity index (χ3n) is 5.66. The van der Waals surface area contributed by atoms with Crippen LogP contribution in [-0.4, -0.2) is 18.5 Å². The molecule has 29 heavy (non-hydrogen) atoms. The molecule has 3 aromatic carbocycles. The predicted molar refractivity (Wildman–Crippen MR) is 119 cm³/mol. The fraction of sp³-hybridized carbons (Fsp3) is 0.240. The Labute approximate surface area is 172 Å². The van der Waals surface area contributed by atoms with Gasteiger partial charge in [0.05, 0.1) is 0 Å². The van der Waals surface area contributed by atoms with E-state index in [1.807, 2.05) is 30.3 Å². The molecule has 0 aliphatic carbocycles. The number of benzene rings is 3. The molecule has 1 heterocycles. The van der Waals surface area contributed by atoms with Crippen LogP contribution in [0.25, 0.3) is 11.1 Å². The Hall–Kier alpha value is -3.11. The molecule has 4 rings (SSSR count). The van der Waals surface area contributed by atoms with Gasteiger partial charge in [-0.25, -0.2) is 0 Å². The zero-order valence-corrected chi connectivity index (χ0v) is 16.7. The first-order valence-electron chi connectivity index (χ1n) is 10.2. The summed E-state index contributed by atoms with van der Waals surface area (Å²) < 4.78 is 0. The molecule has 1 amide bonds. The van der Waals surface area contributed by atoms with E-state index in [9.17, 15) is 4.79 Å². The quantitative estimate of drug-likeness (QED) is 0.604. The van der Waals surface area contributed by atoms with E-state index in [4.69, 9.17) is 5.73 Å². The van der Waals surface area contributed by atoms with Crippen molar-refractivity contribution in [2.75, 3.05) is 11.9 Å². The second-order valence-electron chi connectivity index (χ2n) is 7.57. The summed E-state index contributed by atoms with van der Waals surface area (Å²) >= 11 is 0. The van der Waals surface area contributed by atoms with Gasteiger partial charge < -0.3 is 16.4 Å². The lowest BCUT2D eigenvalue weighted by Crippen LogP contribution is -2.39. The number of rotatable bonds is 6. The topological polar surface area (TPSA) is 67.2 Å². The largest absolute Gasteiger partial charge is 0.373 e. The van der Waals surface area contributed by atoms with E-state index < -0.39 is 0 Å². The van der Waals surface area contributed by atoms with Gasteiger partial charge in [-0.15, -0.1) is 0 Å². The second kappa shape index (κ2) is 8.50. The van der Waals surface area contributed by atoms with Crippen LogP contribution in [-0.2, 0) is 24.2 Å². The molecular formula is C25H27N3O. The van der Waals surface area contributed by atoms with Crippen molar-refractivity contribution in [1.29, 1.82) is 0 Å². The van der Waals surface area contributed by atoms with Gasteiger partial charge in [-0.2, -0.15) is 0 Å². The third kappa shape index (κ3) is 4.03. The first-order chi connectivity index (χ1) is 14.2. The fourth-order valence-electron chi connectivity index (χ4n) is 4.11. The molecule has 0 spiro atoms. The van der Waals surface area contributed by atoms with Crippen LogP contribution < -0.4 is 16.4 Å². The molecule has 0 aromatic heterocycles. The van der Waals surface area contributed by atoms with Gasteiger partial charge in [-0.1, -0.05) is 66.7 Å². The van der Waals surface area contributed by atoms with Crippen LogP contribution in [0.3, 0.4) is 0 Å². The molecular weight excluding hydrogens is 358 g/mol. The highest BCUT2D eigenvalue weighted by atomic mass is 16.2. The van der Waals surface area contributed by atoms with Crippen molar-refractivity contribution >= 4 is 11.6 Å². The highest BCUT2D eigenvalue weighted by Crippen LogP contribution is 2.29. The molecule has 148 valence electrons. The van der Waals surface area contributed by atoms with Crippen LogP contribution in [0, 0.1) is 6.92 Å². The average molecular weight is 386 g/mol. The normalized spacial score (nSPS) is 14.9. The van der Waals surface area contributed by atoms with Gasteiger partial charge in [0.1, 0.15) is 6.04 Å². The molecule has 0 radical (unpaired) electrons. The molecule has 1 unspecified atom stereocenters. The molecule has 0 saturated heterocycles. The summed E-state index contributed by atoms with van der Waals surface area (Å²) in [6, 6.07) is 22.6. The highest BCUT2D eigenvalue weighted by Gasteiger charge is 2.27. The van der Waals surface area contributed by atoms with Crippen molar-refractivity contribution in [1.82, 2.24) is 5.32 Å². The Morgan fingerprint density at radius 3 is 2.41 bits per heavy atom. The van der Waals surface area contributed by atoms with Crippen molar-refractivity contribution in [3.63, 3.8) is 0 Å². The standard InChI is InChI=1S/C25H27N3O/c1-17-7-6-10-19-15-23(28-24(17)19)25(29)27-14-13-18-8-2-4-11-21(18)22-12-5-3-9-20(22)16-26/h2-12,23,28H,13-16,26H2,1H3,(H,27,29). The van der Waals surface area contributed by atoms with Crippen LogP contribution in [0.15, 0.2) is 66.7 Å². The maximum absolute atomic E-state index is 12.7. The maximum Gasteiger partial charge on any atom is 0.242 e. The van der Waals surface area contributed by atoms with E-state index >= 15 is 0 Å². The maximum atomic E-state index is 12.7. The predicted octanol–water partition coefficient (Wildman–Crippen LogP) is 3.82. The number of nitrogens with two attached hydrogens (primary N) is 1. The van der Waals surface area contributed by atoms with Gasteiger partial charge in [0.25, 0.3) is 0 Å². The van der Waals surface area contributed by atoms with E-state index in [0.717, 1.165) is 24.1 Å². The molecule has 3 aromatic rings. The van der Waals surface area contributed by atoms with E-state index in [1.54, 1.807) is 0 Å². The number of carbonyl (C=O) groups is 1. The van der Waals surface area contributed by atoms with Gasteiger partial charge in [-0.3, -0.25) is 4.79 Å². The fourth-order valence-corrected chi connectivity index (χ4v) is 4.11. The Morgan fingerprint density at radius 1 is 1.00 bits per heavy atom. The van der Waals surface area contributed by atoms with E-state index in [1.165, 1.54) is 27.8 Å². The Morgan fingerprint density at radius 2 is 1.69 bits per heavy atom. The zero-order valence-electron chi connectivity index (χ0n) is 16.7. The monoisotopic (exact) mass is 385 g/mol. The summed E-state index contributed by atoms with van der Waals surface area (Å²) in [5, 5.41) is 6.49. The number of hydrogen-bond donors (Lipinski definition) is 3. The SMILES string of the molecule is Cc1cccc2c1NC(C(=O)NCCc1ccccc1-c1ccccc1CN)C2. The van der Waals surface area contributed by atoms with Crippen LogP contribution in [0.4, 0.5) is 5.69 Å². The molecule has 4 nitrogen and oxygen atoms in total. The molecule has 4 heteroatoms. The Bertz CT molecular complexity index is 1030. The minimum absolute atomic E-state index is 0.0560. The molecule has 1 atom stereocenters. The van der Waals surface area contributed by atoms with Crippen LogP contribution in [0.1, 0.15) is 22.3 Å². The van der Waals surface area contributed by atoms with Gasteiger partial charge in [0, 0.05) is 25.2 Å². The van der Waals surface area contributed by atoms with Crippen molar-refractivity contribution in [3.05, 3.63) is 89.0 Å². The third-order valence-corrected chi connectivity index (χ3v) is 5.66. The number of hydrogen-bond acceptors (Lipinski definition) is 3. The lowest BCUT2D eigenvalue weighted by Gasteiger charge is -2.15. The van der Waals surface area contributed by atoms with Gasteiger partial charge in [-0.05, 0) is 46.7 Å². The Balaban J connectivity index is 1.41. The molecule has 0 bridgehead atoms. The summed E-state index contributed by atoms with van der Waals surface area (Å²) in [6.45, 7) is 3.19. The first kappa shape index (κ1) is 19.2. The number of fused-ring (bicyclic) bond motifs is 1. The second-order valence-corrected chi connectivity index (χ2v) is 7.57. The minimum atomic E-state index is -0.195. The van der Waals surface area contributed by atoms with E-state index in [-0.39, 0.29) is 11.9 Å². The first-order valence-corrected chi connectivity index (χ1v) is 10.2. The summed E-state index contributed by atoms with van der Waals surface area (Å²) in [5.41, 5.74) is 14.1. The van der Waals surface area contributed by atoms with E-state index in [0.29, 0.717) is 13.1 Å². The number of amides is 1. The van der Waals surface area contributed by atoms with Crippen molar-refractivity contribution in [3.8, 4) is 11.1 Å². The summed E-state index contributed by atoms with van der Waals surface area (Å²) in [6.07, 6.45) is 1.52. The Kier molecular flexibility index (Phi) is 5.63. The van der Waals surface area contributed by atoms with Gasteiger partial charge in [0.15, 0.2) is 0 Å². The molecule has 1 aliphatic heterocycles. The van der Waals surface area contributed by atoms with Crippen molar-refractivity contribution in [2.24, 2.45) is 5.73 Å². The van der Waals surface area contributed by atoms with Crippen LogP contribution in [0.5, 0.6) is 0 Å². The van der Waals surface area contributed by atoms with Gasteiger partial charge in [0.2, 0.25) is 5.91 Å². The summed E-state index contributed by atoms with van der Waals surface area (Å²) in [7, 11) is 0. The van der Waals surface area contributed by atoms with Crippen molar-refractivity contribution < 1.29 is 4.79 Å². The lowest BCUT2D eigenvalue weighted by atomic mass is 9.94. The lowest BCUT2D eigenvalue weighted by molar-refractivity contribution is -0.121. The smallest absolute Gasteiger partial charge is 0.242 e. The minimum Gasteiger partial charge on any atom is -0.373 e. The molecule has 0 fully saturated rings. The molecule has 0 saturated carbocycles.